The summed E-state index contributed by atoms with van der Waals surface area (Å²) in [5, 5.41) is 5.30. The minimum absolute atomic E-state index is 0.0318. The fourth-order valence-electron chi connectivity index (χ4n) is 2.30. The van der Waals surface area contributed by atoms with Gasteiger partial charge in [-0.3, -0.25) is 9.59 Å². The van der Waals surface area contributed by atoms with Crippen LogP contribution in [-0.2, 0) is 10.2 Å². The molecule has 0 aliphatic rings. The van der Waals surface area contributed by atoms with Crippen molar-refractivity contribution in [2.75, 3.05) is 11.9 Å². The number of hydrogen-bond donors (Lipinski definition) is 2. The van der Waals surface area contributed by atoms with E-state index in [1.807, 2.05) is 12.1 Å². The highest BCUT2D eigenvalue weighted by molar-refractivity contribution is 5.95. The minimum Gasteiger partial charge on any atom is -0.352 e. The van der Waals surface area contributed by atoms with Crippen LogP contribution in [0.4, 0.5) is 10.1 Å². The van der Waals surface area contributed by atoms with Crippen molar-refractivity contribution in [3.63, 3.8) is 0 Å². The predicted molar refractivity (Wildman–Crippen MR) is 97.1 cm³/mol. The smallest absolute Gasteiger partial charge is 0.251 e. The summed E-state index contributed by atoms with van der Waals surface area (Å²) in [5.74, 6) is -0.919. The number of nitrogens with one attached hydrogen (secondary N) is 2. The summed E-state index contributed by atoms with van der Waals surface area (Å²) in [6, 6.07) is 13.1. The van der Waals surface area contributed by atoms with E-state index in [9.17, 15) is 14.0 Å². The van der Waals surface area contributed by atoms with Crippen LogP contribution < -0.4 is 10.6 Å². The van der Waals surface area contributed by atoms with Crippen LogP contribution in [0, 0.1) is 5.82 Å². The molecular weight excluding hydrogens is 319 g/mol. The summed E-state index contributed by atoms with van der Waals surface area (Å²) in [6.07, 6.45) is 0.113. The Bertz CT molecular complexity index is 749. The molecule has 0 unspecified atom stereocenters. The first-order chi connectivity index (χ1) is 11.8. The van der Waals surface area contributed by atoms with Crippen LogP contribution in [-0.4, -0.2) is 18.4 Å². The van der Waals surface area contributed by atoms with Crippen LogP contribution in [0.5, 0.6) is 0 Å². The van der Waals surface area contributed by atoms with E-state index in [1.54, 1.807) is 18.2 Å². The van der Waals surface area contributed by atoms with Crippen molar-refractivity contribution in [2.45, 2.75) is 32.6 Å². The first kappa shape index (κ1) is 18.6. The quantitative estimate of drug-likeness (QED) is 0.866. The van der Waals surface area contributed by atoms with Gasteiger partial charge in [-0.05, 0) is 41.3 Å². The number of carbonyl (C=O) groups is 2. The second-order valence-electron chi connectivity index (χ2n) is 6.89. The van der Waals surface area contributed by atoms with Gasteiger partial charge in [0.25, 0.3) is 5.91 Å². The SMILES string of the molecule is CC(C)(C)c1ccc(C(=O)NCCC(=O)Nc2cccc(F)c2)cc1. The third kappa shape index (κ3) is 5.71. The zero-order valence-corrected chi connectivity index (χ0v) is 14.7. The molecule has 25 heavy (non-hydrogen) atoms. The van der Waals surface area contributed by atoms with E-state index in [0.717, 1.165) is 5.56 Å². The lowest BCUT2D eigenvalue weighted by Crippen LogP contribution is -2.27. The molecule has 0 aliphatic carbocycles. The third-order valence-corrected chi connectivity index (χ3v) is 3.76. The molecular formula is C20H23FN2O2. The van der Waals surface area contributed by atoms with E-state index in [0.29, 0.717) is 11.3 Å². The molecule has 132 valence electrons. The molecule has 0 saturated heterocycles. The zero-order valence-electron chi connectivity index (χ0n) is 14.7. The molecule has 2 aromatic rings. The van der Waals surface area contributed by atoms with E-state index in [2.05, 4.69) is 31.4 Å². The van der Waals surface area contributed by atoms with Crippen molar-refractivity contribution in [1.82, 2.24) is 5.32 Å². The highest BCUT2D eigenvalue weighted by Crippen LogP contribution is 2.22. The monoisotopic (exact) mass is 342 g/mol. The largest absolute Gasteiger partial charge is 0.352 e. The number of halogens is 1. The van der Waals surface area contributed by atoms with E-state index in [4.69, 9.17) is 0 Å². The van der Waals surface area contributed by atoms with Crippen LogP contribution >= 0.6 is 0 Å². The topological polar surface area (TPSA) is 58.2 Å². The summed E-state index contributed by atoms with van der Waals surface area (Å²) >= 11 is 0. The Morgan fingerprint density at radius 2 is 1.72 bits per heavy atom. The molecule has 0 heterocycles. The average molecular weight is 342 g/mol. The van der Waals surface area contributed by atoms with Gasteiger partial charge in [0.05, 0.1) is 0 Å². The van der Waals surface area contributed by atoms with Crippen molar-refractivity contribution >= 4 is 17.5 Å². The summed E-state index contributed by atoms with van der Waals surface area (Å²) in [7, 11) is 0. The van der Waals surface area contributed by atoms with Gasteiger partial charge in [-0.25, -0.2) is 4.39 Å². The fourth-order valence-corrected chi connectivity index (χ4v) is 2.30. The van der Waals surface area contributed by atoms with E-state index in [1.165, 1.54) is 18.2 Å². The van der Waals surface area contributed by atoms with Crippen molar-refractivity contribution in [3.05, 3.63) is 65.5 Å². The second-order valence-corrected chi connectivity index (χ2v) is 6.89. The summed E-state index contributed by atoms with van der Waals surface area (Å²) in [5.41, 5.74) is 2.13. The average Bonchev–Trinajstić information content (AvgIpc) is 2.54. The van der Waals surface area contributed by atoms with Gasteiger partial charge < -0.3 is 10.6 Å². The van der Waals surface area contributed by atoms with Crippen LogP contribution in [0.1, 0.15) is 43.1 Å². The number of carbonyl (C=O) groups excluding carboxylic acids is 2. The fraction of sp³-hybridized carbons (Fsp3) is 0.300. The molecule has 0 spiro atoms. The van der Waals surface area contributed by atoms with Crippen LogP contribution in [0.15, 0.2) is 48.5 Å². The molecule has 2 amide bonds. The molecule has 4 nitrogen and oxygen atoms in total. The molecule has 0 fully saturated rings. The Morgan fingerprint density at radius 3 is 2.32 bits per heavy atom. The van der Waals surface area contributed by atoms with Gasteiger partial charge in [0.1, 0.15) is 5.82 Å². The van der Waals surface area contributed by atoms with Gasteiger partial charge in [0, 0.05) is 24.2 Å². The summed E-state index contributed by atoms with van der Waals surface area (Å²) in [4.78, 5) is 23.9. The third-order valence-electron chi connectivity index (χ3n) is 3.76. The minimum atomic E-state index is -0.412. The lowest BCUT2D eigenvalue weighted by Gasteiger charge is -2.19. The highest BCUT2D eigenvalue weighted by atomic mass is 19.1. The molecule has 0 aliphatic heterocycles. The van der Waals surface area contributed by atoms with E-state index >= 15 is 0 Å². The molecule has 0 saturated carbocycles. The van der Waals surface area contributed by atoms with E-state index in [-0.39, 0.29) is 30.2 Å². The molecule has 0 radical (unpaired) electrons. The number of anilines is 1. The van der Waals surface area contributed by atoms with Crippen LogP contribution in [0.25, 0.3) is 0 Å². The molecule has 0 bridgehead atoms. The van der Waals surface area contributed by atoms with Gasteiger partial charge in [-0.1, -0.05) is 39.0 Å². The van der Waals surface area contributed by atoms with Crippen LogP contribution in [0.2, 0.25) is 0 Å². The normalized spacial score (nSPS) is 11.0. The summed E-state index contributed by atoms with van der Waals surface area (Å²) in [6.45, 7) is 6.54. The Kier molecular flexibility index (Phi) is 5.91. The molecule has 2 N–H and O–H groups in total. The molecule has 2 aromatic carbocycles. The van der Waals surface area contributed by atoms with Gasteiger partial charge in [0.2, 0.25) is 5.91 Å². The molecule has 5 heteroatoms. The standard InChI is InChI=1S/C20H23FN2O2/c1-20(2,3)15-9-7-14(8-10-15)19(25)22-12-11-18(24)23-17-6-4-5-16(21)13-17/h4-10,13H,11-12H2,1-3H3,(H,22,25)(H,23,24). The lowest BCUT2D eigenvalue weighted by atomic mass is 9.87. The number of rotatable bonds is 5. The second kappa shape index (κ2) is 7.92. The number of benzene rings is 2. The van der Waals surface area contributed by atoms with Gasteiger partial charge in [0.15, 0.2) is 0 Å². The summed E-state index contributed by atoms with van der Waals surface area (Å²) < 4.78 is 13.1. The molecule has 2 rings (SSSR count). The maximum atomic E-state index is 13.1. The Hall–Kier alpha value is -2.69. The van der Waals surface area contributed by atoms with E-state index < -0.39 is 5.82 Å². The predicted octanol–water partition coefficient (Wildman–Crippen LogP) is 3.88. The Balaban J connectivity index is 1.81. The number of amides is 2. The molecule has 0 aromatic heterocycles. The first-order valence-corrected chi connectivity index (χ1v) is 8.20. The van der Waals surface area contributed by atoms with Gasteiger partial charge in [-0.2, -0.15) is 0 Å². The maximum Gasteiger partial charge on any atom is 0.251 e. The van der Waals surface area contributed by atoms with Crippen molar-refractivity contribution in [3.8, 4) is 0 Å². The first-order valence-electron chi connectivity index (χ1n) is 8.20. The maximum absolute atomic E-state index is 13.1. The van der Waals surface area contributed by atoms with Gasteiger partial charge in [-0.15, -0.1) is 0 Å². The lowest BCUT2D eigenvalue weighted by molar-refractivity contribution is -0.116. The van der Waals surface area contributed by atoms with Crippen LogP contribution in [0.3, 0.4) is 0 Å². The van der Waals surface area contributed by atoms with Crippen molar-refractivity contribution in [2.24, 2.45) is 0 Å². The highest BCUT2D eigenvalue weighted by Gasteiger charge is 2.14. The zero-order chi connectivity index (χ0) is 18.4. The van der Waals surface area contributed by atoms with Crippen molar-refractivity contribution in [1.29, 1.82) is 0 Å². The Morgan fingerprint density at radius 1 is 1.04 bits per heavy atom. The van der Waals surface area contributed by atoms with Gasteiger partial charge >= 0.3 is 0 Å². The Labute approximate surface area is 147 Å². The number of hydrogen-bond acceptors (Lipinski definition) is 2. The van der Waals surface area contributed by atoms with Crippen molar-refractivity contribution < 1.29 is 14.0 Å². The molecule has 0 atom stereocenters.